The largest absolute Gasteiger partial charge is 0.479 e. The van der Waals surface area contributed by atoms with Gasteiger partial charge >= 0.3 is 0 Å². The van der Waals surface area contributed by atoms with Gasteiger partial charge in [0.1, 0.15) is 11.4 Å². The Morgan fingerprint density at radius 2 is 1.97 bits per heavy atom. The van der Waals surface area contributed by atoms with Crippen LogP contribution >= 0.6 is 15.9 Å². The number of nitrogens with two attached hydrogens (primary N) is 1. The maximum Gasteiger partial charge on any atom is 0.166 e. The summed E-state index contributed by atoms with van der Waals surface area (Å²) in [6.45, 7) is 8.95. The van der Waals surface area contributed by atoms with Crippen molar-refractivity contribution in [2.24, 2.45) is 5.92 Å². The second-order valence-electron chi connectivity index (χ2n) is 10.6. The summed E-state index contributed by atoms with van der Waals surface area (Å²) in [7, 11) is 0. The van der Waals surface area contributed by atoms with Crippen molar-refractivity contribution in [3.63, 3.8) is 0 Å². The Morgan fingerprint density at radius 3 is 2.70 bits per heavy atom. The van der Waals surface area contributed by atoms with Crippen LogP contribution in [0.1, 0.15) is 63.3 Å². The molecular formula is C28H32BrFN6O. The lowest BCUT2D eigenvalue weighted by molar-refractivity contribution is 0.109. The van der Waals surface area contributed by atoms with Crippen LogP contribution in [0.3, 0.4) is 0 Å². The zero-order valence-electron chi connectivity index (χ0n) is 21.6. The number of hydrogen-bond acceptors (Lipinski definition) is 5. The molecule has 3 aromatic heterocycles. The van der Waals surface area contributed by atoms with E-state index in [1.165, 1.54) is 25.0 Å². The molecule has 0 radical (unpaired) electrons. The van der Waals surface area contributed by atoms with Crippen LogP contribution in [0, 0.1) is 11.7 Å². The minimum atomic E-state index is -0.929. The third kappa shape index (κ3) is 5.71. The van der Waals surface area contributed by atoms with Crippen molar-refractivity contribution in [3.05, 3.63) is 76.0 Å². The molecule has 1 saturated carbocycles. The maximum atomic E-state index is 14.6. The Hall–Kier alpha value is -3.20. The smallest absolute Gasteiger partial charge is 0.166 e. The van der Waals surface area contributed by atoms with E-state index in [0.717, 1.165) is 39.3 Å². The number of halogens is 2. The number of rotatable bonds is 9. The van der Waals surface area contributed by atoms with Crippen molar-refractivity contribution in [1.82, 2.24) is 24.5 Å². The van der Waals surface area contributed by atoms with Gasteiger partial charge in [0.05, 0.1) is 11.9 Å². The Bertz CT molecular complexity index is 1420. The van der Waals surface area contributed by atoms with Gasteiger partial charge in [-0.05, 0) is 92.2 Å². The van der Waals surface area contributed by atoms with E-state index < -0.39 is 5.60 Å². The van der Waals surface area contributed by atoms with Gasteiger partial charge < -0.3 is 10.5 Å². The van der Waals surface area contributed by atoms with Crippen LogP contribution < -0.4 is 10.5 Å². The van der Waals surface area contributed by atoms with Crippen LogP contribution in [0.4, 0.5) is 10.2 Å². The molecule has 0 spiro atoms. The molecule has 3 heterocycles. The number of anilines is 1. The molecular weight excluding hydrogens is 535 g/mol. The summed E-state index contributed by atoms with van der Waals surface area (Å²) in [5, 5.41) is 9.52. The fourth-order valence-electron chi connectivity index (χ4n) is 4.50. The highest BCUT2D eigenvalue weighted by atomic mass is 79.9. The van der Waals surface area contributed by atoms with E-state index in [-0.39, 0.29) is 17.7 Å². The minimum Gasteiger partial charge on any atom is -0.479 e. The van der Waals surface area contributed by atoms with Crippen molar-refractivity contribution < 1.29 is 9.13 Å². The first-order valence-electron chi connectivity index (χ1n) is 12.6. The average Bonchev–Trinajstić information content (AvgIpc) is 3.38. The van der Waals surface area contributed by atoms with E-state index in [1.807, 2.05) is 29.4 Å². The minimum absolute atomic E-state index is 0.172. The first-order chi connectivity index (χ1) is 17.6. The molecule has 9 heteroatoms. The van der Waals surface area contributed by atoms with Crippen molar-refractivity contribution in [1.29, 1.82) is 0 Å². The molecule has 1 aromatic carbocycles. The van der Waals surface area contributed by atoms with Crippen LogP contribution in [-0.4, -0.2) is 24.5 Å². The first-order valence-corrected chi connectivity index (χ1v) is 13.4. The highest BCUT2D eigenvalue weighted by Gasteiger charge is 2.30. The summed E-state index contributed by atoms with van der Waals surface area (Å²) in [6, 6.07) is 6.70. The molecule has 5 rings (SSSR count). The SMILES string of the molecule is CC(C)n1cc(Cc2cnn(CC3CC3)c2)c(-c2ccc(F)cc2C(C)(C)Oc2cc(Br)cnc2N)n1. The van der Waals surface area contributed by atoms with Crippen molar-refractivity contribution in [2.45, 2.75) is 65.1 Å². The predicted octanol–water partition coefficient (Wildman–Crippen LogP) is 6.52. The number of aromatic nitrogens is 5. The topological polar surface area (TPSA) is 83.8 Å². The van der Waals surface area contributed by atoms with Crippen molar-refractivity contribution >= 4 is 21.7 Å². The van der Waals surface area contributed by atoms with E-state index in [2.05, 4.69) is 52.3 Å². The lowest BCUT2D eigenvalue weighted by atomic mass is 9.89. The second kappa shape index (κ2) is 9.93. The van der Waals surface area contributed by atoms with Crippen molar-refractivity contribution in [2.75, 3.05) is 5.73 Å². The molecule has 4 aromatic rings. The van der Waals surface area contributed by atoms with E-state index in [4.69, 9.17) is 15.6 Å². The van der Waals surface area contributed by atoms with Crippen molar-refractivity contribution in [3.8, 4) is 17.0 Å². The number of ether oxygens (including phenoxy) is 1. The molecule has 0 amide bonds. The van der Waals surface area contributed by atoms with Gasteiger partial charge in [-0.3, -0.25) is 9.36 Å². The quantitative estimate of drug-likeness (QED) is 0.249. The first kappa shape index (κ1) is 25.4. The van der Waals surface area contributed by atoms with Gasteiger partial charge in [0.2, 0.25) is 0 Å². The van der Waals surface area contributed by atoms with Crippen LogP contribution in [-0.2, 0) is 18.6 Å². The Kier molecular flexibility index (Phi) is 6.83. The van der Waals surface area contributed by atoms with Crippen LogP contribution in [0.15, 0.2) is 53.5 Å². The fourth-order valence-corrected chi connectivity index (χ4v) is 4.81. The molecule has 0 unspecified atom stereocenters. The second-order valence-corrected chi connectivity index (χ2v) is 11.5. The van der Waals surface area contributed by atoms with E-state index in [0.29, 0.717) is 17.7 Å². The molecule has 194 valence electrons. The highest BCUT2D eigenvalue weighted by Crippen LogP contribution is 2.39. The van der Waals surface area contributed by atoms with Gasteiger partial charge in [-0.2, -0.15) is 10.2 Å². The van der Waals surface area contributed by atoms with Crippen LogP contribution in [0.2, 0.25) is 0 Å². The number of nitrogens with zero attached hydrogens (tertiary/aromatic N) is 5. The zero-order chi connectivity index (χ0) is 26.3. The molecule has 2 N–H and O–H groups in total. The predicted molar refractivity (Wildman–Crippen MR) is 146 cm³/mol. The van der Waals surface area contributed by atoms with Gasteiger partial charge in [0.15, 0.2) is 11.6 Å². The Labute approximate surface area is 225 Å². The van der Waals surface area contributed by atoms with E-state index in [9.17, 15) is 4.39 Å². The highest BCUT2D eigenvalue weighted by molar-refractivity contribution is 9.10. The van der Waals surface area contributed by atoms with Gasteiger partial charge in [0, 0.05) is 58.8 Å². The molecule has 7 nitrogen and oxygen atoms in total. The van der Waals surface area contributed by atoms with Crippen LogP contribution in [0.5, 0.6) is 5.75 Å². The van der Waals surface area contributed by atoms with E-state index in [1.54, 1.807) is 18.3 Å². The molecule has 1 aliphatic rings. The summed E-state index contributed by atoms with van der Waals surface area (Å²) in [5.41, 5.74) is 9.61. The summed E-state index contributed by atoms with van der Waals surface area (Å²) in [6.07, 6.45) is 11.0. The Morgan fingerprint density at radius 1 is 1.19 bits per heavy atom. The standard InChI is InChI=1S/C28H32BrFN6O/c1-17(2)36-16-20(9-19-12-33-35(15-19)14-18-5-6-18)26(34-36)23-8-7-22(30)11-24(23)28(3,4)37-25-10-21(29)13-32-27(25)31/h7-8,10-13,15-18H,5-6,9,14H2,1-4H3,(H2,31,32). The third-order valence-corrected chi connectivity index (χ3v) is 7.09. The third-order valence-electron chi connectivity index (χ3n) is 6.66. The number of hydrogen-bond donors (Lipinski definition) is 1. The summed E-state index contributed by atoms with van der Waals surface area (Å²) in [4.78, 5) is 4.17. The van der Waals surface area contributed by atoms with Gasteiger partial charge in [-0.25, -0.2) is 9.37 Å². The normalized spacial score (nSPS) is 13.9. The molecule has 1 fully saturated rings. The zero-order valence-corrected chi connectivity index (χ0v) is 23.2. The average molecular weight is 568 g/mol. The Balaban J connectivity index is 1.54. The molecule has 0 saturated heterocycles. The molecule has 0 aliphatic heterocycles. The number of nitrogen functional groups attached to an aromatic ring is 1. The molecule has 1 aliphatic carbocycles. The molecule has 37 heavy (non-hydrogen) atoms. The monoisotopic (exact) mass is 566 g/mol. The fraction of sp³-hybridized carbons (Fsp3) is 0.393. The lowest BCUT2D eigenvalue weighted by Gasteiger charge is -2.29. The summed E-state index contributed by atoms with van der Waals surface area (Å²) < 4.78 is 25.7. The maximum absolute atomic E-state index is 14.6. The summed E-state index contributed by atoms with van der Waals surface area (Å²) >= 11 is 3.42. The lowest BCUT2D eigenvalue weighted by Crippen LogP contribution is -2.27. The van der Waals surface area contributed by atoms with Gasteiger partial charge in [-0.15, -0.1) is 0 Å². The molecule has 0 bridgehead atoms. The van der Waals surface area contributed by atoms with Crippen LogP contribution in [0.25, 0.3) is 11.3 Å². The number of benzene rings is 1. The molecule has 0 atom stereocenters. The van der Waals surface area contributed by atoms with Gasteiger partial charge in [-0.1, -0.05) is 0 Å². The number of pyridine rings is 1. The van der Waals surface area contributed by atoms with Gasteiger partial charge in [0.25, 0.3) is 0 Å². The summed E-state index contributed by atoms with van der Waals surface area (Å²) in [5.74, 6) is 1.10. The van der Waals surface area contributed by atoms with E-state index >= 15 is 0 Å².